The van der Waals surface area contributed by atoms with Gasteiger partial charge in [-0.25, -0.2) is 0 Å². The average molecular weight is 204 g/mol. The van der Waals surface area contributed by atoms with Crippen LogP contribution in [0.2, 0.25) is 0 Å². The molecule has 0 unspecified atom stereocenters. The molecule has 0 amide bonds. The molecular formula is C10H12N4O. The van der Waals surface area contributed by atoms with Gasteiger partial charge in [-0.05, 0) is 25.5 Å². The van der Waals surface area contributed by atoms with Gasteiger partial charge in [-0.3, -0.25) is 0 Å². The summed E-state index contributed by atoms with van der Waals surface area (Å²) >= 11 is 0. The van der Waals surface area contributed by atoms with Crippen LogP contribution in [0, 0.1) is 13.8 Å². The minimum atomic E-state index is 0.605. The van der Waals surface area contributed by atoms with Gasteiger partial charge in [0, 0.05) is 5.56 Å². The molecule has 0 saturated carbocycles. The van der Waals surface area contributed by atoms with Crippen molar-refractivity contribution in [3.8, 4) is 11.7 Å². The Labute approximate surface area is 87.7 Å². The summed E-state index contributed by atoms with van der Waals surface area (Å²) in [6.45, 7) is 3.93. The molecule has 2 rings (SSSR count). The number of rotatable bonds is 2. The number of methoxy groups -OCH3 is 1. The largest absolute Gasteiger partial charge is 0.481 e. The van der Waals surface area contributed by atoms with Crippen molar-refractivity contribution in [2.24, 2.45) is 0 Å². The SMILES string of the molecule is COc1nc(-n2nccn2)c(C)cc1C. The highest BCUT2D eigenvalue weighted by Crippen LogP contribution is 2.19. The van der Waals surface area contributed by atoms with Crippen molar-refractivity contribution >= 4 is 0 Å². The molecule has 78 valence electrons. The van der Waals surface area contributed by atoms with E-state index in [0.29, 0.717) is 11.7 Å². The Morgan fingerprint density at radius 2 is 1.80 bits per heavy atom. The Morgan fingerprint density at radius 3 is 2.40 bits per heavy atom. The molecule has 0 spiro atoms. The summed E-state index contributed by atoms with van der Waals surface area (Å²) in [5.41, 5.74) is 2.02. The molecule has 0 fully saturated rings. The van der Waals surface area contributed by atoms with Crippen LogP contribution in [-0.4, -0.2) is 27.1 Å². The van der Waals surface area contributed by atoms with Gasteiger partial charge in [-0.2, -0.15) is 15.2 Å². The Hall–Kier alpha value is -1.91. The van der Waals surface area contributed by atoms with Crippen molar-refractivity contribution in [3.05, 3.63) is 29.6 Å². The van der Waals surface area contributed by atoms with Crippen LogP contribution in [0.1, 0.15) is 11.1 Å². The monoisotopic (exact) mass is 204 g/mol. The smallest absolute Gasteiger partial charge is 0.218 e. The molecule has 5 nitrogen and oxygen atoms in total. The van der Waals surface area contributed by atoms with Crippen molar-refractivity contribution in [2.75, 3.05) is 7.11 Å². The number of pyridine rings is 1. The Bertz CT molecular complexity index is 465. The lowest BCUT2D eigenvalue weighted by molar-refractivity contribution is 0.393. The highest BCUT2D eigenvalue weighted by atomic mass is 16.5. The fourth-order valence-corrected chi connectivity index (χ4v) is 1.46. The highest BCUT2D eigenvalue weighted by Gasteiger charge is 2.09. The van der Waals surface area contributed by atoms with Crippen LogP contribution in [0.5, 0.6) is 5.88 Å². The first kappa shape index (κ1) is 9.64. The summed E-state index contributed by atoms with van der Waals surface area (Å²) in [4.78, 5) is 5.83. The standard InChI is InChI=1S/C10H12N4O/c1-7-6-8(2)10(15-3)13-9(7)14-11-4-5-12-14/h4-6H,1-3H3. The van der Waals surface area contributed by atoms with Gasteiger partial charge in [0.25, 0.3) is 0 Å². The van der Waals surface area contributed by atoms with Gasteiger partial charge in [-0.1, -0.05) is 0 Å². The molecular weight excluding hydrogens is 192 g/mol. The summed E-state index contributed by atoms with van der Waals surface area (Å²) in [6.07, 6.45) is 3.24. The molecule has 15 heavy (non-hydrogen) atoms. The van der Waals surface area contributed by atoms with Crippen molar-refractivity contribution in [3.63, 3.8) is 0 Å². The van der Waals surface area contributed by atoms with E-state index in [0.717, 1.165) is 11.1 Å². The second kappa shape index (κ2) is 3.68. The minimum absolute atomic E-state index is 0.605. The Morgan fingerprint density at radius 1 is 1.13 bits per heavy atom. The van der Waals surface area contributed by atoms with E-state index in [4.69, 9.17) is 4.74 Å². The van der Waals surface area contributed by atoms with Crippen LogP contribution in [0.4, 0.5) is 0 Å². The Kier molecular flexibility index (Phi) is 2.37. The quantitative estimate of drug-likeness (QED) is 0.739. The van der Waals surface area contributed by atoms with E-state index in [1.807, 2.05) is 19.9 Å². The van der Waals surface area contributed by atoms with Crippen LogP contribution < -0.4 is 4.74 Å². The molecule has 2 aromatic rings. The summed E-state index contributed by atoms with van der Waals surface area (Å²) in [6, 6.07) is 2.00. The lowest BCUT2D eigenvalue weighted by Crippen LogP contribution is -2.06. The maximum Gasteiger partial charge on any atom is 0.218 e. The van der Waals surface area contributed by atoms with Gasteiger partial charge in [0.1, 0.15) is 0 Å². The number of ether oxygens (including phenoxy) is 1. The van der Waals surface area contributed by atoms with Gasteiger partial charge in [-0.15, -0.1) is 4.80 Å². The van der Waals surface area contributed by atoms with Crippen molar-refractivity contribution in [1.82, 2.24) is 20.0 Å². The second-order valence-corrected chi connectivity index (χ2v) is 3.27. The van der Waals surface area contributed by atoms with E-state index in [9.17, 15) is 0 Å². The zero-order chi connectivity index (χ0) is 10.8. The van der Waals surface area contributed by atoms with Crippen molar-refractivity contribution < 1.29 is 4.74 Å². The lowest BCUT2D eigenvalue weighted by Gasteiger charge is -2.08. The minimum Gasteiger partial charge on any atom is -0.481 e. The molecule has 0 N–H and O–H groups in total. The molecule has 0 aliphatic heterocycles. The van der Waals surface area contributed by atoms with Gasteiger partial charge >= 0.3 is 0 Å². The first-order chi connectivity index (χ1) is 7.22. The summed E-state index contributed by atoms with van der Waals surface area (Å²) in [5.74, 6) is 1.30. The van der Waals surface area contributed by atoms with Gasteiger partial charge in [0.05, 0.1) is 19.5 Å². The first-order valence-electron chi connectivity index (χ1n) is 4.61. The van der Waals surface area contributed by atoms with Crippen LogP contribution in [-0.2, 0) is 0 Å². The van der Waals surface area contributed by atoms with Gasteiger partial charge in [0.15, 0.2) is 5.82 Å². The average Bonchev–Trinajstić information content (AvgIpc) is 2.71. The van der Waals surface area contributed by atoms with Crippen LogP contribution in [0.15, 0.2) is 18.5 Å². The number of aryl methyl sites for hydroxylation is 2. The van der Waals surface area contributed by atoms with Crippen LogP contribution in [0.3, 0.4) is 0 Å². The first-order valence-corrected chi connectivity index (χ1v) is 4.61. The van der Waals surface area contributed by atoms with E-state index in [2.05, 4.69) is 15.2 Å². The molecule has 0 radical (unpaired) electrons. The number of aromatic nitrogens is 4. The fraction of sp³-hybridized carbons (Fsp3) is 0.300. The molecule has 2 aromatic heterocycles. The van der Waals surface area contributed by atoms with Gasteiger partial charge < -0.3 is 4.74 Å². The molecule has 0 aliphatic rings. The second-order valence-electron chi connectivity index (χ2n) is 3.27. The maximum atomic E-state index is 5.16. The molecule has 0 aromatic carbocycles. The van der Waals surface area contributed by atoms with E-state index >= 15 is 0 Å². The van der Waals surface area contributed by atoms with Crippen molar-refractivity contribution in [2.45, 2.75) is 13.8 Å². The molecule has 0 aliphatic carbocycles. The van der Waals surface area contributed by atoms with E-state index in [1.165, 1.54) is 4.80 Å². The fourth-order valence-electron chi connectivity index (χ4n) is 1.46. The lowest BCUT2D eigenvalue weighted by atomic mass is 10.2. The van der Waals surface area contributed by atoms with E-state index in [1.54, 1.807) is 19.5 Å². The highest BCUT2D eigenvalue weighted by molar-refractivity contribution is 5.39. The molecule has 0 atom stereocenters. The summed E-state index contributed by atoms with van der Waals surface area (Å²) < 4.78 is 5.16. The number of nitrogens with zero attached hydrogens (tertiary/aromatic N) is 4. The van der Waals surface area contributed by atoms with Crippen molar-refractivity contribution in [1.29, 1.82) is 0 Å². The Balaban J connectivity index is 2.57. The third kappa shape index (κ3) is 1.68. The zero-order valence-corrected chi connectivity index (χ0v) is 8.93. The van der Waals surface area contributed by atoms with Crippen LogP contribution >= 0.6 is 0 Å². The predicted molar refractivity (Wildman–Crippen MR) is 55.2 cm³/mol. The number of hydrogen-bond acceptors (Lipinski definition) is 4. The molecule has 0 saturated heterocycles. The zero-order valence-electron chi connectivity index (χ0n) is 8.93. The predicted octanol–water partition coefficient (Wildman–Crippen LogP) is 1.29. The topological polar surface area (TPSA) is 52.8 Å². The van der Waals surface area contributed by atoms with E-state index < -0.39 is 0 Å². The third-order valence-corrected chi connectivity index (χ3v) is 2.13. The van der Waals surface area contributed by atoms with Crippen LogP contribution in [0.25, 0.3) is 5.82 Å². The maximum absolute atomic E-state index is 5.16. The molecule has 2 heterocycles. The van der Waals surface area contributed by atoms with E-state index in [-0.39, 0.29) is 0 Å². The third-order valence-electron chi connectivity index (χ3n) is 2.13. The number of hydrogen-bond donors (Lipinski definition) is 0. The normalized spacial score (nSPS) is 10.3. The molecule has 0 bridgehead atoms. The summed E-state index contributed by atoms with van der Waals surface area (Å²) in [5, 5.41) is 8.08. The summed E-state index contributed by atoms with van der Waals surface area (Å²) in [7, 11) is 1.60. The molecule has 5 heteroatoms. The van der Waals surface area contributed by atoms with Gasteiger partial charge in [0.2, 0.25) is 5.88 Å².